The zero-order valence-corrected chi connectivity index (χ0v) is 12.0. The normalized spacial score (nSPS) is 17.2. The zero-order chi connectivity index (χ0) is 14.2. The summed E-state index contributed by atoms with van der Waals surface area (Å²) in [4.78, 5) is 18.2. The number of anilines is 1. The molecule has 3 N–H and O–H groups in total. The molecule has 0 bridgehead atoms. The number of likely N-dealkylation sites (tertiary alicyclic amines) is 1. The van der Waals surface area contributed by atoms with Crippen LogP contribution in [0.25, 0.3) is 0 Å². The standard InChI is InChI=1S/C15H24N4O/c16-15-13(7-6-8-17-15)11-18-14(20)12-19-9-4-2-1-3-5-10-19/h6-8H,1-5,9-12H2,(H2,16,17)(H,18,20). The van der Waals surface area contributed by atoms with Crippen LogP contribution < -0.4 is 11.1 Å². The van der Waals surface area contributed by atoms with Gasteiger partial charge < -0.3 is 11.1 Å². The molecule has 20 heavy (non-hydrogen) atoms. The van der Waals surface area contributed by atoms with Gasteiger partial charge in [0.1, 0.15) is 5.82 Å². The average Bonchev–Trinajstić information content (AvgIpc) is 2.41. The molecule has 0 aliphatic carbocycles. The molecule has 0 unspecified atom stereocenters. The molecular formula is C15H24N4O. The fourth-order valence-electron chi connectivity index (χ4n) is 2.52. The van der Waals surface area contributed by atoms with Gasteiger partial charge in [-0.15, -0.1) is 0 Å². The van der Waals surface area contributed by atoms with Gasteiger partial charge in [0.25, 0.3) is 0 Å². The van der Waals surface area contributed by atoms with Gasteiger partial charge in [0, 0.05) is 18.3 Å². The van der Waals surface area contributed by atoms with Gasteiger partial charge in [-0.05, 0) is 32.0 Å². The minimum Gasteiger partial charge on any atom is -0.383 e. The molecule has 1 aromatic rings. The molecule has 0 radical (unpaired) electrons. The first-order valence-electron chi connectivity index (χ1n) is 7.44. The highest BCUT2D eigenvalue weighted by molar-refractivity contribution is 5.78. The maximum Gasteiger partial charge on any atom is 0.234 e. The van der Waals surface area contributed by atoms with Crippen LogP contribution in [0.1, 0.15) is 37.7 Å². The van der Waals surface area contributed by atoms with E-state index >= 15 is 0 Å². The van der Waals surface area contributed by atoms with Crippen molar-refractivity contribution >= 4 is 11.7 Å². The van der Waals surface area contributed by atoms with Gasteiger partial charge in [0.15, 0.2) is 0 Å². The van der Waals surface area contributed by atoms with Crippen molar-refractivity contribution in [2.45, 2.75) is 38.6 Å². The fraction of sp³-hybridized carbons (Fsp3) is 0.600. The van der Waals surface area contributed by atoms with Crippen LogP contribution in [0.5, 0.6) is 0 Å². The third-order valence-electron chi connectivity index (χ3n) is 3.72. The third-order valence-corrected chi connectivity index (χ3v) is 3.72. The van der Waals surface area contributed by atoms with Crippen LogP contribution in [0.4, 0.5) is 5.82 Å². The predicted molar refractivity (Wildman–Crippen MR) is 80.0 cm³/mol. The Balaban J connectivity index is 1.75. The molecule has 2 rings (SSSR count). The van der Waals surface area contributed by atoms with Crippen LogP contribution in [-0.4, -0.2) is 35.4 Å². The Labute approximate surface area is 120 Å². The molecule has 1 aromatic heterocycles. The molecule has 1 amide bonds. The molecule has 0 spiro atoms. The van der Waals surface area contributed by atoms with Crippen molar-refractivity contribution in [2.75, 3.05) is 25.4 Å². The number of nitrogens with two attached hydrogens (primary N) is 1. The molecule has 0 aromatic carbocycles. The number of nitrogens with one attached hydrogen (secondary N) is 1. The Bertz CT molecular complexity index is 428. The summed E-state index contributed by atoms with van der Waals surface area (Å²) in [6.07, 6.45) is 7.95. The first-order valence-corrected chi connectivity index (χ1v) is 7.44. The lowest BCUT2D eigenvalue weighted by Gasteiger charge is -2.23. The van der Waals surface area contributed by atoms with E-state index in [1.54, 1.807) is 6.20 Å². The molecule has 1 aliphatic rings. The average molecular weight is 276 g/mol. The van der Waals surface area contributed by atoms with Crippen LogP contribution in [-0.2, 0) is 11.3 Å². The van der Waals surface area contributed by atoms with Gasteiger partial charge in [0.05, 0.1) is 6.54 Å². The number of carbonyl (C=O) groups is 1. The van der Waals surface area contributed by atoms with E-state index in [0.717, 1.165) is 18.7 Å². The summed E-state index contributed by atoms with van der Waals surface area (Å²) < 4.78 is 0. The summed E-state index contributed by atoms with van der Waals surface area (Å²) in [5.74, 6) is 0.549. The Morgan fingerprint density at radius 2 is 1.95 bits per heavy atom. The van der Waals surface area contributed by atoms with E-state index in [4.69, 9.17) is 5.73 Å². The maximum atomic E-state index is 12.0. The van der Waals surface area contributed by atoms with Crippen LogP contribution in [0.3, 0.4) is 0 Å². The molecule has 0 saturated carbocycles. The lowest BCUT2D eigenvalue weighted by Crippen LogP contribution is -2.38. The van der Waals surface area contributed by atoms with Gasteiger partial charge in [0.2, 0.25) is 5.91 Å². The molecule has 110 valence electrons. The highest BCUT2D eigenvalue weighted by Crippen LogP contribution is 2.10. The summed E-state index contributed by atoms with van der Waals surface area (Å²) in [6.45, 7) is 3.00. The molecule has 5 heteroatoms. The van der Waals surface area contributed by atoms with Crippen molar-refractivity contribution in [2.24, 2.45) is 0 Å². The van der Waals surface area contributed by atoms with E-state index in [1.165, 1.54) is 32.1 Å². The Morgan fingerprint density at radius 1 is 1.25 bits per heavy atom. The number of nitrogens with zero attached hydrogens (tertiary/aromatic N) is 2. The smallest absolute Gasteiger partial charge is 0.234 e. The van der Waals surface area contributed by atoms with Crippen LogP contribution in [0.2, 0.25) is 0 Å². The summed E-state index contributed by atoms with van der Waals surface area (Å²) in [6, 6.07) is 3.72. The van der Waals surface area contributed by atoms with Crippen molar-refractivity contribution in [3.63, 3.8) is 0 Å². The van der Waals surface area contributed by atoms with Crippen molar-refractivity contribution in [3.8, 4) is 0 Å². The van der Waals surface area contributed by atoms with E-state index in [0.29, 0.717) is 18.9 Å². The number of carbonyl (C=O) groups excluding carboxylic acids is 1. The van der Waals surface area contributed by atoms with Gasteiger partial charge in [-0.1, -0.05) is 25.3 Å². The largest absolute Gasteiger partial charge is 0.383 e. The summed E-state index contributed by atoms with van der Waals surface area (Å²) >= 11 is 0. The minimum absolute atomic E-state index is 0.0637. The number of nitrogen functional groups attached to an aromatic ring is 1. The SMILES string of the molecule is Nc1ncccc1CNC(=O)CN1CCCCCCC1. The highest BCUT2D eigenvalue weighted by atomic mass is 16.2. The topological polar surface area (TPSA) is 71.2 Å². The number of hydrogen-bond donors (Lipinski definition) is 2. The minimum atomic E-state index is 0.0637. The molecule has 1 fully saturated rings. The van der Waals surface area contributed by atoms with Crippen molar-refractivity contribution in [1.82, 2.24) is 15.2 Å². The van der Waals surface area contributed by atoms with E-state index in [9.17, 15) is 4.79 Å². The van der Waals surface area contributed by atoms with Gasteiger partial charge >= 0.3 is 0 Å². The molecule has 1 saturated heterocycles. The second-order valence-electron chi connectivity index (χ2n) is 5.37. The third kappa shape index (κ3) is 4.81. The number of pyridine rings is 1. The van der Waals surface area contributed by atoms with Gasteiger partial charge in [-0.25, -0.2) is 4.98 Å². The van der Waals surface area contributed by atoms with Crippen molar-refractivity contribution in [3.05, 3.63) is 23.9 Å². The van der Waals surface area contributed by atoms with Crippen molar-refractivity contribution in [1.29, 1.82) is 0 Å². The first kappa shape index (κ1) is 14.8. The number of rotatable bonds is 4. The maximum absolute atomic E-state index is 12.0. The van der Waals surface area contributed by atoms with E-state index in [-0.39, 0.29) is 5.91 Å². The van der Waals surface area contributed by atoms with E-state index < -0.39 is 0 Å². The second-order valence-corrected chi connectivity index (χ2v) is 5.37. The zero-order valence-electron chi connectivity index (χ0n) is 12.0. The van der Waals surface area contributed by atoms with E-state index in [2.05, 4.69) is 15.2 Å². The van der Waals surface area contributed by atoms with Crippen LogP contribution >= 0.6 is 0 Å². The van der Waals surface area contributed by atoms with Crippen LogP contribution in [0, 0.1) is 0 Å². The lowest BCUT2D eigenvalue weighted by atomic mass is 10.1. The highest BCUT2D eigenvalue weighted by Gasteiger charge is 2.12. The quantitative estimate of drug-likeness (QED) is 0.875. The van der Waals surface area contributed by atoms with Crippen LogP contribution in [0.15, 0.2) is 18.3 Å². The Kier molecular flexibility index (Phi) is 5.80. The number of amides is 1. The molecular weight excluding hydrogens is 252 g/mol. The predicted octanol–water partition coefficient (Wildman–Crippen LogP) is 1.55. The number of hydrogen-bond acceptors (Lipinski definition) is 4. The summed E-state index contributed by atoms with van der Waals surface area (Å²) in [5, 5.41) is 2.92. The summed E-state index contributed by atoms with van der Waals surface area (Å²) in [7, 11) is 0. The van der Waals surface area contributed by atoms with E-state index in [1.807, 2.05) is 12.1 Å². The Hall–Kier alpha value is -1.62. The monoisotopic (exact) mass is 276 g/mol. The summed E-state index contributed by atoms with van der Waals surface area (Å²) in [5.41, 5.74) is 6.63. The van der Waals surface area contributed by atoms with Crippen molar-refractivity contribution < 1.29 is 4.79 Å². The lowest BCUT2D eigenvalue weighted by molar-refractivity contribution is -0.122. The molecule has 1 aliphatic heterocycles. The second kappa shape index (κ2) is 7.85. The fourth-order valence-corrected chi connectivity index (χ4v) is 2.52. The molecule has 0 atom stereocenters. The molecule has 5 nitrogen and oxygen atoms in total. The molecule has 2 heterocycles. The first-order chi connectivity index (χ1) is 9.75. The van der Waals surface area contributed by atoms with Gasteiger partial charge in [-0.2, -0.15) is 0 Å². The van der Waals surface area contributed by atoms with Gasteiger partial charge in [-0.3, -0.25) is 9.69 Å². The Morgan fingerprint density at radius 3 is 2.65 bits per heavy atom. The number of aromatic nitrogens is 1.